The van der Waals surface area contributed by atoms with Crippen molar-refractivity contribution in [2.75, 3.05) is 6.61 Å². The van der Waals surface area contributed by atoms with Crippen molar-refractivity contribution >= 4 is 5.78 Å². The molecule has 1 N–H and O–H groups in total. The summed E-state index contributed by atoms with van der Waals surface area (Å²) in [5.41, 5.74) is 0.622. The summed E-state index contributed by atoms with van der Waals surface area (Å²) in [6.07, 6.45) is 2.29. The first-order chi connectivity index (χ1) is 7.09. The lowest BCUT2D eigenvalue weighted by atomic mass is 9.94. The van der Waals surface area contributed by atoms with Gasteiger partial charge in [-0.2, -0.15) is 0 Å². The Hall–Kier alpha value is -0.670. The van der Waals surface area contributed by atoms with E-state index in [-0.39, 0.29) is 29.8 Å². The molecule has 0 amide bonds. The van der Waals surface area contributed by atoms with E-state index in [0.29, 0.717) is 18.6 Å². The average Bonchev–Trinajstić information content (AvgIpc) is 2.71. The van der Waals surface area contributed by atoms with Crippen molar-refractivity contribution in [3.63, 3.8) is 0 Å². The molecular formula is C12H18O3. The highest BCUT2D eigenvalue weighted by Crippen LogP contribution is 2.41. The van der Waals surface area contributed by atoms with Gasteiger partial charge in [0.1, 0.15) is 0 Å². The van der Waals surface area contributed by atoms with E-state index in [1.54, 1.807) is 6.92 Å². The number of ether oxygens (including phenoxy) is 1. The molecule has 1 heterocycles. The molecule has 0 aromatic carbocycles. The maximum absolute atomic E-state index is 11.6. The summed E-state index contributed by atoms with van der Waals surface area (Å²) in [7, 11) is 0. The third kappa shape index (κ3) is 1.99. The average molecular weight is 210 g/mol. The van der Waals surface area contributed by atoms with Gasteiger partial charge in [0.2, 0.25) is 0 Å². The van der Waals surface area contributed by atoms with Crippen LogP contribution < -0.4 is 0 Å². The third-order valence-corrected chi connectivity index (χ3v) is 3.63. The van der Waals surface area contributed by atoms with Crippen LogP contribution in [0.3, 0.4) is 0 Å². The Balaban J connectivity index is 1.95. The molecule has 15 heavy (non-hydrogen) atoms. The van der Waals surface area contributed by atoms with E-state index in [1.165, 1.54) is 0 Å². The molecule has 1 saturated carbocycles. The maximum atomic E-state index is 11.6. The SMILES string of the molecule is C=C(C)C(=O)CC1CCC2C(O)COC12. The molecular weight excluding hydrogens is 192 g/mol. The number of hydrogen-bond acceptors (Lipinski definition) is 3. The van der Waals surface area contributed by atoms with Crippen LogP contribution in [0.2, 0.25) is 0 Å². The van der Waals surface area contributed by atoms with E-state index in [9.17, 15) is 9.90 Å². The maximum Gasteiger partial charge on any atom is 0.158 e. The van der Waals surface area contributed by atoms with E-state index in [0.717, 1.165) is 12.8 Å². The number of aliphatic hydroxyl groups is 1. The topological polar surface area (TPSA) is 46.5 Å². The van der Waals surface area contributed by atoms with Crippen molar-refractivity contribution in [2.24, 2.45) is 11.8 Å². The van der Waals surface area contributed by atoms with Crippen LogP contribution in [-0.4, -0.2) is 29.7 Å². The van der Waals surface area contributed by atoms with Gasteiger partial charge in [-0.25, -0.2) is 0 Å². The fraction of sp³-hybridized carbons (Fsp3) is 0.750. The van der Waals surface area contributed by atoms with Crippen molar-refractivity contribution in [2.45, 2.75) is 38.4 Å². The highest BCUT2D eigenvalue weighted by molar-refractivity contribution is 5.94. The van der Waals surface area contributed by atoms with Crippen LogP contribution in [-0.2, 0) is 9.53 Å². The normalized spacial score (nSPS) is 39.1. The molecule has 0 bridgehead atoms. The molecule has 1 aliphatic carbocycles. The number of fused-ring (bicyclic) bond motifs is 1. The van der Waals surface area contributed by atoms with Gasteiger partial charge < -0.3 is 9.84 Å². The van der Waals surface area contributed by atoms with Crippen LogP contribution >= 0.6 is 0 Å². The first-order valence-electron chi connectivity index (χ1n) is 5.58. The van der Waals surface area contributed by atoms with Crippen molar-refractivity contribution in [1.82, 2.24) is 0 Å². The molecule has 84 valence electrons. The predicted molar refractivity (Wildman–Crippen MR) is 56.4 cm³/mol. The largest absolute Gasteiger partial charge is 0.390 e. The van der Waals surface area contributed by atoms with Crippen LogP contribution in [0.1, 0.15) is 26.2 Å². The summed E-state index contributed by atoms with van der Waals surface area (Å²) >= 11 is 0. The lowest BCUT2D eigenvalue weighted by Gasteiger charge is -2.17. The minimum Gasteiger partial charge on any atom is -0.390 e. The Kier molecular flexibility index (Phi) is 2.94. The number of ketones is 1. The second-order valence-electron chi connectivity index (χ2n) is 4.77. The van der Waals surface area contributed by atoms with Gasteiger partial charge in [0.25, 0.3) is 0 Å². The lowest BCUT2D eigenvalue weighted by Crippen LogP contribution is -2.23. The van der Waals surface area contributed by atoms with Crippen molar-refractivity contribution < 1.29 is 14.6 Å². The zero-order valence-corrected chi connectivity index (χ0v) is 9.11. The number of hydrogen-bond donors (Lipinski definition) is 1. The molecule has 3 heteroatoms. The van der Waals surface area contributed by atoms with Crippen molar-refractivity contribution in [1.29, 1.82) is 0 Å². The molecule has 0 aromatic heterocycles. The van der Waals surface area contributed by atoms with Gasteiger partial charge in [0, 0.05) is 12.3 Å². The fourth-order valence-electron chi connectivity index (χ4n) is 2.72. The molecule has 4 atom stereocenters. The first kappa shape index (κ1) is 10.8. The van der Waals surface area contributed by atoms with Crippen LogP contribution in [0.4, 0.5) is 0 Å². The second kappa shape index (κ2) is 4.06. The molecule has 2 fully saturated rings. The molecule has 2 aliphatic rings. The van der Waals surface area contributed by atoms with Gasteiger partial charge in [-0.1, -0.05) is 6.58 Å². The minimum absolute atomic E-state index is 0.100. The molecule has 0 radical (unpaired) electrons. The summed E-state index contributed by atoms with van der Waals surface area (Å²) in [5, 5.41) is 9.63. The van der Waals surface area contributed by atoms with Crippen molar-refractivity contribution in [3.05, 3.63) is 12.2 Å². The van der Waals surface area contributed by atoms with Crippen molar-refractivity contribution in [3.8, 4) is 0 Å². The number of rotatable bonds is 3. The number of carbonyl (C=O) groups excluding carboxylic acids is 1. The number of aliphatic hydroxyl groups excluding tert-OH is 1. The van der Waals surface area contributed by atoms with Gasteiger partial charge in [0.05, 0.1) is 18.8 Å². The van der Waals surface area contributed by atoms with E-state index in [4.69, 9.17) is 4.74 Å². The summed E-state index contributed by atoms with van der Waals surface area (Å²) in [5.74, 6) is 0.676. The van der Waals surface area contributed by atoms with Crippen LogP contribution in [0.25, 0.3) is 0 Å². The fourth-order valence-corrected chi connectivity index (χ4v) is 2.72. The Bertz CT molecular complexity index is 285. The Labute approximate surface area is 90.1 Å². The quantitative estimate of drug-likeness (QED) is 0.714. The second-order valence-corrected chi connectivity index (χ2v) is 4.77. The van der Waals surface area contributed by atoms with Gasteiger partial charge in [-0.15, -0.1) is 0 Å². The number of carbonyl (C=O) groups is 1. The third-order valence-electron chi connectivity index (χ3n) is 3.63. The van der Waals surface area contributed by atoms with Gasteiger partial charge in [0.15, 0.2) is 5.78 Å². The van der Waals surface area contributed by atoms with E-state index in [2.05, 4.69) is 6.58 Å². The van der Waals surface area contributed by atoms with E-state index >= 15 is 0 Å². The summed E-state index contributed by atoms with van der Waals surface area (Å²) in [4.78, 5) is 11.6. The summed E-state index contributed by atoms with van der Waals surface area (Å²) in [6, 6.07) is 0. The molecule has 0 aromatic rings. The minimum atomic E-state index is -0.320. The van der Waals surface area contributed by atoms with Gasteiger partial charge in [-0.3, -0.25) is 4.79 Å². The number of Topliss-reactive ketones (excluding diaryl/α,β-unsaturated/α-hetero) is 1. The number of allylic oxidation sites excluding steroid dienone is 1. The summed E-state index contributed by atoms with van der Waals surface area (Å²) < 4.78 is 5.55. The highest BCUT2D eigenvalue weighted by Gasteiger charge is 2.45. The lowest BCUT2D eigenvalue weighted by molar-refractivity contribution is -0.117. The molecule has 1 saturated heterocycles. The van der Waals surface area contributed by atoms with Crippen LogP contribution in [0, 0.1) is 11.8 Å². The summed E-state index contributed by atoms with van der Waals surface area (Å²) in [6.45, 7) is 5.84. The highest BCUT2D eigenvalue weighted by atomic mass is 16.5. The first-order valence-corrected chi connectivity index (χ1v) is 5.58. The molecule has 0 spiro atoms. The van der Waals surface area contributed by atoms with Gasteiger partial charge >= 0.3 is 0 Å². The predicted octanol–water partition coefficient (Wildman–Crippen LogP) is 1.31. The standard InChI is InChI=1S/C12H18O3/c1-7(2)10(13)5-8-3-4-9-11(14)6-15-12(8)9/h8-9,11-12,14H,1,3-6H2,2H3. The van der Waals surface area contributed by atoms with Crippen LogP contribution in [0.5, 0.6) is 0 Å². The Morgan fingerprint density at radius 2 is 2.27 bits per heavy atom. The van der Waals surface area contributed by atoms with Gasteiger partial charge in [-0.05, 0) is 31.3 Å². The zero-order chi connectivity index (χ0) is 11.0. The molecule has 1 aliphatic heterocycles. The Morgan fingerprint density at radius 1 is 1.53 bits per heavy atom. The monoisotopic (exact) mass is 210 g/mol. The molecule has 4 unspecified atom stereocenters. The Morgan fingerprint density at radius 3 is 2.93 bits per heavy atom. The van der Waals surface area contributed by atoms with E-state index in [1.807, 2.05) is 0 Å². The molecule has 3 nitrogen and oxygen atoms in total. The molecule has 2 rings (SSSR count). The smallest absolute Gasteiger partial charge is 0.158 e. The van der Waals surface area contributed by atoms with E-state index < -0.39 is 0 Å². The van der Waals surface area contributed by atoms with Crippen LogP contribution in [0.15, 0.2) is 12.2 Å². The zero-order valence-electron chi connectivity index (χ0n) is 9.11.